The Morgan fingerprint density at radius 2 is 2.00 bits per heavy atom. The molecule has 3 rings (SSSR count). The summed E-state index contributed by atoms with van der Waals surface area (Å²) in [4.78, 5) is 27.7. The van der Waals surface area contributed by atoms with Crippen LogP contribution >= 0.6 is 23.1 Å². The zero-order chi connectivity index (χ0) is 24.7. The van der Waals surface area contributed by atoms with E-state index in [0.717, 1.165) is 11.0 Å². The zero-order valence-electron chi connectivity index (χ0n) is 19.2. The summed E-state index contributed by atoms with van der Waals surface area (Å²) in [5.74, 6) is -3.17. The first-order chi connectivity index (χ1) is 16.2. The lowest BCUT2D eigenvalue weighted by Gasteiger charge is -2.33. The molecule has 1 aliphatic rings. The number of aliphatic hydroxyl groups is 1. The molecule has 0 saturated carbocycles. The van der Waals surface area contributed by atoms with E-state index in [-0.39, 0.29) is 28.9 Å². The number of amides is 1. The number of carbonyl (C=O) groups excluding carboxylic acids is 2. The molecular weight excluding hydrogens is 480 g/mol. The largest absolute Gasteiger partial charge is 0.459 e. The van der Waals surface area contributed by atoms with Crippen LogP contribution in [0.5, 0.6) is 0 Å². The molecule has 0 unspecified atom stereocenters. The summed E-state index contributed by atoms with van der Waals surface area (Å²) in [7, 11) is 0. The fourth-order valence-electron chi connectivity index (χ4n) is 3.60. The van der Waals surface area contributed by atoms with Crippen LogP contribution in [0.3, 0.4) is 0 Å². The van der Waals surface area contributed by atoms with Crippen LogP contribution in [-0.4, -0.2) is 51.8 Å². The number of thiophene rings is 1. The summed E-state index contributed by atoms with van der Waals surface area (Å²) in [5.41, 5.74) is -0.258. The molecule has 0 bridgehead atoms. The molecular formula is C25H29F2NO4S2. The van der Waals surface area contributed by atoms with Crippen molar-refractivity contribution in [1.82, 2.24) is 4.90 Å². The van der Waals surface area contributed by atoms with Crippen molar-refractivity contribution < 1.29 is 28.2 Å². The Hall–Kier alpha value is -2.23. The smallest absolute Gasteiger partial charge is 0.348 e. The highest BCUT2D eigenvalue weighted by Gasteiger charge is 2.39. The Morgan fingerprint density at radius 1 is 1.26 bits per heavy atom. The van der Waals surface area contributed by atoms with E-state index >= 15 is 0 Å². The van der Waals surface area contributed by atoms with Crippen LogP contribution < -0.4 is 0 Å². The second-order valence-corrected chi connectivity index (χ2v) is 10.5. The lowest BCUT2D eigenvalue weighted by Crippen LogP contribution is -2.42. The molecule has 5 nitrogen and oxygen atoms in total. The Labute approximate surface area is 206 Å². The Morgan fingerprint density at radius 3 is 2.71 bits per heavy atom. The van der Waals surface area contributed by atoms with Gasteiger partial charge >= 0.3 is 11.9 Å². The highest BCUT2D eigenvalue weighted by molar-refractivity contribution is 8.13. The number of benzene rings is 1. The highest BCUT2D eigenvalue weighted by Crippen LogP contribution is 2.33. The fraction of sp³-hybridized carbons (Fsp3) is 0.440. The van der Waals surface area contributed by atoms with Crippen molar-refractivity contribution in [3.8, 4) is 0 Å². The van der Waals surface area contributed by atoms with Gasteiger partial charge in [0.25, 0.3) is 5.24 Å². The average Bonchev–Trinajstić information content (AvgIpc) is 3.28. The van der Waals surface area contributed by atoms with E-state index < -0.39 is 12.0 Å². The zero-order valence-corrected chi connectivity index (χ0v) is 20.8. The molecule has 184 valence electrons. The second kappa shape index (κ2) is 12.0. The number of thioether (sulfide) groups is 1. The van der Waals surface area contributed by atoms with Crippen LogP contribution in [0, 0.1) is 0 Å². The molecule has 1 aromatic carbocycles. The molecule has 1 amide bonds. The van der Waals surface area contributed by atoms with Gasteiger partial charge in [0.2, 0.25) is 0 Å². The van der Waals surface area contributed by atoms with Crippen molar-refractivity contribution >= 4 is 34.3 Å². The molecule has 2 heterocycles. The van der Waals surface area contributed by atoms with Crippen molar-refractivity contribution in [3.63, 3.8) is 0 Å². The van der Waals surface area contributed by atoms with Crippen LogP contribution in [0.2, 0.25) is 0 Å². The molecule has 1 fully saturated rings. The maximum Gasteiger partial charge on any atom is 0.348 e. The molecule has 0 spiro atoms. The molecule has 1 aliphatic heterocycles. The van der Waals surface area contributed by atoms with E-state index in [1.807, 2.05) is 6.07 Å². The van der Waals surface area contributed by atoms with E-state index in [1.54, 1.807) is 30.9 Å². The summed E-state index contributed by atoms with van der Waals surface area (Å²) < 4.78 is 34.4. The van der Waals surface area contributed by atoms with Gasteiger partial charge in [-0.1, -0.05) is 54.2 Å². The van der Waals surface area contributed by atoms with Crippen molar-refractivity contribution in [2.45, 2.75) is 57.3 Å². The molecule has 34 heavy (non-hydrogen) atoms. The Balaban J connectivity index is 1.58. The quantitative estimate of drug-likeness (QED) is 0.320. The molecule has 1 N–H and O–H groups in total. The van der Waals surface area contributed by atoms with Gasteiger partial charge in [-0.05, 0) is 45.2 Å². The average molecular weight is 510 g/mol. The third-order valence-electron chi connectivity index (χ3n) is 5.35. The predicted molar refractivity (Wildman–Crippen MR) is 132 cm³/mol. The van der Waals surface area contributed by atoms with Crippen molar-refractivity contribution in [3.05, 3.63) is 69.9 Å². The third kappa shape index (κ3) is 6.90. The number of nitrogens with zero attached hydrogens (tertiary/aromatic N) is 1. The van der Waals surface area contributed by atoms with Gasteiger partial charge in [-0.3, -0.25) is 4.79 Å². The fourth-order valence-corrected chi connectivity index (χ4v) is 5.46. The highest BCUT2D eigenvalue weighted by atomic mass is 32.2. The van der Waals surface area contributed by atoms with Crippen molar-refractivity contribution in [1.29, 1.82) is 0 Å². The molecule has 9 heteroatoms. The maximum atomic E-state index is 14.6. The lowest BCUT2D eigenvalue weighted by atomic mass is 10.0. The number of ether oxygens (including phenoxy) is 1. The van der Waals surface area contributed by atoms with Gasteiger partial charge < -0.3 is 14.7 Å². The first-order valence-corrected chi connectivity index (χ1v) is 13.0. The molecule has 0 radical (unpaired) electrons. The van der Waals surface area contributed by atoms with Gasteiger partial charge in [0.1, 0.15) is 11.0 Å². The molecule has 2 atom stereocenters. The second-order valence-electron chi connectivity index (χ2n) is 8.31. The van der Waals surface area contributed by atoms with E-state index in [0.29, 0.717) is 36.4 Å². The summed E-state index contributed by atoms with van der Waals surface area (Å²) in [6.07, 6.45) is 2.41. The number of aliphatic hydroxyl groups excluding tert-OH is 1. The van der Waals surface area contributed by atoms with Crippen LogP contribution in [0.25, 0.3) is 0 Å². The van der Waals surface area contributed by atoms with Gasteiger partial charge in [0, 0.05) is 22.7 Å². The third-order valence-corrected chi connectivity index (χ3v) is 7.39. The normalized spacial score (nSPS) is 18.0. The lowest BCUT2D eigenvalue weighted by molar-refractivity contribution is -0.0929. The minimum atomic E-state index is -3.43. The number of halogens is 2. The van der Waals surface area contributed by atoms with Crippen LogP contribution in [0.1, 0.15) is 46.8 Å². The number of rotatable bonds is 10. The SMILES string of the molecule is CC(C)OC(=O)c1ccc(CCCN2C(=O)SCC[C@@H]2/C=C/[C@@H](O)C(F)(F)c2ccccc2)s1. The topological polar surface area (TPSA) is 66.8 Å². The monoisotopic (exact) mass is 509 g/mol. The van der Waals surface area contributed by atoms with Gasteiger partial charge in [-0.2, -0.15) is 8.78 Å². The minimum Gasteiger partial charge on any atom is -0.459 e. The van der Waals surface area contributed by atoms with Gasteiger partial charge in [0.15, 0.2) is 0 Å². The van der Waals surface area contributed by atoms with Crippen LogP contribution in [-0.2, 0) is 17.1 Å². The Kier molecular flexibility index (Phi) is 9.27. The van der Waals surface area contributed by atoms with E-state index in [4.69, 9.17) is 4.74 Å². The summed E-state index contributed by atoms with van der Waals surface area (Å²) in [5, 5.41) is 10.1. The molecule has 1 aromatic heterocycles. The number of hydrogen-bond acceptors (Lipinski definition) is 6. The van der Waals surface area contributed by atoms with E-state index in [1.165, 1.54) is 53.4 Å². The van der Waals surface area contributed by atoms with Crippen molar-refractivity contribution in [2.75, 3.05) is 12.3 Å². The minimum absolute atomic E-state index is 0.0995. The standard InChI is InChI=1S/C25H29F2NO4S2/c1-17(2)32-23(30)21-12-11-20(34-21)9-6-15-28-19(14-16-33-24(28)31)10-13-22(29)25(26,27)18-7-4-3-5-8-18/h3-5,7-8,10-13,17,19,22,29H,6,9,14-16H2,1-2H3/b13-10+/t19-,22+/m0/s1. The molecule has 2 aromatic rings. The van der Waals surface area contributed by atoms with Gasteiger partial charge in [0.05, 0.1) is 12.1 Å². The maximum absolute atomic E-state index is 14.6. The number of aryl methyl sites for hydroxylation is 1. The molecule has 1 saturated heterocycles. The summed E-state index contributed by atoms with van der Waals surface area (Å²) in [6.45, 7) is 4.05. The summed E-state index contributed by atoms with van der Waals surface area (Å²) >= 11 is 2.58. The van der Waals surface area contributed by atoms with Crippen LogP contribution in [0.4, 0.5) is 13.6 Å². The number of hydrogen-bond donors (Lipinski definition) is 1. The first-order valence-electron chi connectivity index (χ1n) is 11.2. The van der Waals surface area contributed by atoms with Gasteiger partial charge in [-0.15, -0.1) is 11.3 Å². The Bertz CT molecular complexity index is 994. The number of carbonyl (C=O) groups is 2. The first kappa shape index (κ1) is 26.4. The summed E-state index contributed by atoms with van der Waals surface area (Å²) in [6, 6.07) is 10.5. The predicted octanol–water partition coefficient (Wildman–Crippen LogP) is 5.88. The molecule has 0 aliphatic carbocycles. The van der Waals surface area contributed by atoms with Crippen LogP contribution in [0.15, 0.2) is 54.6 Å². The van der Waals surface area contributed by atoms with E-state index in [2.05, 4.69) is 0 Å². The van der Waals surface area contributed by atoms with E-state index in [9.17, 15) is 23.5 Å². The number of esters is 1. The van der Waals surface area contributed by atoms with Crippen molar-refractivity contribution in [2.24, 2.45) is 0 Å². The number of alkyl halides is 2. The van der Waals surface area contributed by atoms with Gasteiger partial charge in [-0.25, -0.2) is 4.79 Å².